The summed E-state index contributed by atoms with van der Waals surface area (Å²) in [5, 5.41) is 18.5. The monoisotopic (exact) mass is 439 g/mol. The van der Waals surface area contributed by atoms with Gasteiger partial charge < -0.3 is 10.2 Å². The summed E-state index contributed by atoms with van der Waals surface area (Å²) < 4.78 is 56.3. The summed E-state index contributed by atoms with van der Waals surface area (Å²) in [5.41, 5.74) is -1.37. The summed E-state index contributed by atoms with van der Waals surface area (Å²) >= 11 is 5.70. The van der Waals surface area contributed by atoms with Crippen molar-refractivity contribution < 1.29 is 32.2 Å². The van der Waals surface area contributed by atoms with Crippen LogP contribution in [0.2, 0.25) is 5.02 Å². The molecule has 0 heterocycles. The van der Waals surface area contributed by atoms with Crippen LogP contribution < -0.4 is 4.72 Å². The number of halogens is 3. The number of phenolic OH excluding ortho intramolecular Hbond substituents is 1. The summed E-state index contributed by atoms with van der Waals surface area (Å²) in [6.07, 6.45) is 0. The van der Waals surface area contributed by atoms with Crippen LogP contribution in [0.3, 0.4) is 0 Å². The SMILES string of the molecule is O=C(O)c1cc(Cl)c(O)c(S(=O)(=O)Nc2ccc(F)c(-c3ccccc3)c2F)c1. The Hall–Kier alpha value is -3.17. The van der Waals surface area contributed by atoms with E-state index in [0.717, 1.165) is 18.2 Å². The molecule has 3 rings (SSSR count). The van der Waals surface area contributed by atoms with Gasteiger partial charge in [-0.2, -0.15) is 0 Å². The topological polar surface area (TPSA) is 104 Å². The standard InChI is InChI=1S/C19H12ClF2NO5S/c20-12-8-11(19(25)26)9-15(18(12)24)29(27,28)23-14-7-6-13(21)16(17(14)22)10-4-2-1-3-5-10/h1-9,23-24H,(H,25,26). The zero-order valence-electron chi connectivity index (χ0n) is 14.4. The average Bonchev–Trinajstić information content (AvgIpc) is 2.66. The third-order valence-corrected chi connectivity index (χ3v) is 5.63. The molecule has 0 aliphatic rings. The van der Waals surface area contributed by atoms with Gasteiger partial charge in [0.1, 0.15) is 10.7 Å². The third kappa shape index (κ3) is 4.01. The zero-order valence-corrected chi connectivity index (χ0v) is 15.9. The summed E-state index contributed by atoms with van der Waals surface area (Å²) in [6.45, 7) is 0. The largest absolute Gasteiger partial charge is 0.505 e. The van der Waals surface area contributed by atoms with E-state index in [1.54, 1.807) is 18.2 Å². The van der Waals surface area contributed by atoms with Crippen molar-refractivity contribution >= 4 is 33.3 Å². The minimum Gasteiger partial charge on any atom is -0.505 e. The molecule has 0 saturated carbocycles. The molecule has 0 atom stereocenters. The third-order valence-electron chi connectivity index (χ3n) is 3.96. The van der Waals surface area contributed by atoms with E-state index in [9.17, 15) is 27.1 Å². The van der Waals surface area contributed by atoms with Gasteiger partial charge in [0.05, 0.1) is 21.8 Å². The molecule has 3 aromatic rings. The molecule has 3 N–H and O–H groups in total. The summed E-state index contributed by atoms with van der Waals surface area (Å²) in [5.74, 6) is -4.48. The lowest BCUT2D eigenvalue weighted by Gasteiger charge is -2.14. The maximum Gasteiger partial charge on any atom is 0.335 e. The van der Waals surface area contributed by atoms with E-state index < -0.39 is 60.1 Å². The number of phenols is 1. The van der Waals surface area contributed by atoms with Gasteiger partial charge in [0.15, 0.2) is 11.6 Å². The van der Waals surface area contributed by atoms with Crippen molar-refractivity contribution in [1.29, 1.82) is 0 Å². The van der Waals surface area contributed by atoms with Crippen LogP contribution in [0.15, 0.2) is 59.5 Å². The van der Waals surface area contributed by atoms with Crippen LogP contribution >= 0.6 is 11.6 Å². The number of aromatic hydroxyl groups is 1. The zero-order chi connectivity index (χ0) is 21.3. The number of carboxylic acids is 1. The van der Waals surface area contributed by atoms with Gasteiger partial charge in [0.2, 0.25) is 0 Å². The van der Waals surface area contributed by atoms with E-state index in [-0.39, 0.29) is 5.56 Å². The molecule has 3 aromatic carbocycles. The van der Waals surface area contributed by atoms with Gasteiger partial charge in [0, 0.05) is 0 Å². The Morgan fingerprint density at radius 1 is 1.03 bits per heavy atom. The van der Waals surface area contributed by atoms with Crippen LogP contribution in [0.4, 0.5) is 14.5 Å². The highest BCUT2D eigenvalue weighted by Crippen LogP contribution is 2.35. The minimum atomic E-state index is -4.67. The van der Waals surface area contributed by atoms with E-state index in [1.165, 1.54) is 12.1 Å². The van der Waals surface area contributed by atoms with Gasteiger partial charge in [0.25, 0.3) is 10.0 Å². The second kappa shape index (κ2) is 7.69. The first-order chi connectivity index (χ1) is 13.6. The number of benzene rings is 3. The fourth-order valence-electron chi connectivity index (χ4n) is 2.60. The molecule has 29 heavy (non-hydrogen) atoms. The Labute approximate surface area is 169 Å². The van der Waals surface area contributed by atoms with E-state index >= 15 is 0 Å². The van der Waals surface area contributed by atoms with Gasteiger partial charge in [-0.25, -0.2) is 22.0 Å². The van der Waals surface area contributed by atoms with Crippen LogP contribution in [0.25, 0.3) is 11.1 Å². The van der Waals surface area contributed by atoms with Crippen molar-refractivity contribution in [3.05, 3.63) is 76.8 Å². The normalized spacial score (nSPS) is 11.3. The maximum atomic E-state index is 14.9. The van der Waals surface area contributed by atoms with Crippen molar-refractivity contribution in [3.8, 4) is 16.9 Å². The number of aromatic carboxylic acids is 1. The summed E-state index contributed by atoms with van der Waals surface area (Å²) in [4.78, 5) is 10.3. The first kappa shape index (κ1) is 20.6. The van der Waals surface area contributed by atoms with Gasteiger partial charge in [-0.3, -0.25) is 4.72 Å². The molecule has 150 valence electrons. The number of hydrogen-bond acceptors (Lipinski definition) is 4. The Balaban J connectivity index is 2.10. The predicted molar refractivity (Wildman–Crippen MR) is 103 cm³/mol. The smallest absolute Gasteiger partial charge is 0.335 e. The lowest BCUT2D eigenvalue weighted by molar-refractivity contribution is 0.0696. The van der Waals surface area contributed by atoms with E-state index in [2.05, 4.69) is 0 Å². The first-order valence-corrected chi connectivity index (χ1v) is 9.80. The van der Waals surface area contributed by atoms with Crippen molar-refractivity contribution in [3.63, 3.8) is 0 Å². The molecule has 0 aliphatic carbocycles. The number of sulfonamides is 1. The van der Waals surface area contributed by atoms with Crippen LogP contribution in [0, 0.1) is 11.6 Å². The van der Waals surface area contributed by atoms with Crippen LogP contribution in [0.1, 0.15) is 10.4 Å². The van der Waals surface area contributed by atoms with Crippen LogP contribution in [0.5, 0.6) is 5.75 Å². The molecule has 0 aromatic heterocycles. The average molecular weight is 440 g/mol. The molecular formula is C19H12ClF2NO5S. The second-order valence-corrected chi connectivity index (χ2v) is 7.92. The Morgan fingerprint density at radius 3 is 2.31 bits per heavy atom. The van der Waals surface area contributed by atoms with E-state index in [1.807, 2.05) is 4.72 Å². The highest BCUT2D eigenvalue weighted by atomic mass is 35.5. The number of nitrogens with one attached hydrogen (secondary N) is 1. The van der Waals surface area contributed by atoms with Crippen LogP contribution in [-0.4, -0.2) is 24.6 Å². The van der Waals surface area contributed by atoms with Gasteiger partial charge in [-0.15, -0.1) is 0 Å². The molecule has 10 heteroatoms. The van der Waals surface area contributed by atoms with Crippen molar-refractivity contribution in [2.45, 2.75) is 4.90 Å². The molecule has 0 radical (unpaired) electrons. The number of anilines is 1. The molecule has 0 unspecified atom stereocenters. The number of carbonyl (C=O) groups is 1. The maximum absolute atomic E-state index is 14.9. The highest BCUT2D eigenvalue weighted by molar-refractivity contribution is 7.92. The Kier molecular flexibility index (Phi) is 5.45. The summed E-state index contributed by atoms with van der Waals surface area (Å²) in [6, 6.07) is 10.9. The summed E-state index contributed by atoms with van der Waals surface area (Å²) in [7, 11) is -4.67. The molecular weight excluding hydrogens is 428 g/mol. The molecule has 0 fully saturated rings. The first-order valence-electron chi connectivity index (χ1n) is 7.94. The molecule has 0 aliphatic heterocycles. The lowest BCUT2D eigenvalue weighted by atomic mass is 10.0. The second-order valence-electron chi connectivity index (χ2n) is 5.87. The lowest BCUT2D eigenvalue weighted by Crippen LogP contribution is -2.15. The van der Waals surface area contributed by atoms with Crippen LogP contribution in [-0.2, 0) is 10.0 Å². The molecule has 6 nitrogen and oxygen atoms in total. The van der Waals surface area contributed by atoms with Gasteiger partial charge >= 0.3 is 5.97 Å². The fourth-order valence-corrected chi connectivity index (χ4v) is 4.08. The molecule has 0 bridgehead atoms. The molecule has 0 amide bonds. The highest BCUT2D eigenvalue weighted by Gasteiger charge is 2.26. The quantitative estimate of drug-likeness (QED) is 0.543. The van der Waals surface area contributed by atoms with Crippen molar-refractivity contribution in [2.75, 3.05) is 4.72 Å². The van der Waals surface area contributed by atoms with Crippen molar-refractivity contribution in [1.82, 2.24) is 0 Å². The van der Waals surface area contributed by atoms with E-state index in [0.29, 0.717) is 6.07 Å². The number of rotatable bonds is 5. The van der Waals surface area contributed by atoms with Gasteiger partial charge in [-0.1, -0.05) is 41.9 Å². The number of carboxylic acid groups (broad SMARTS) is 1. The predicted octanol–water partition coefficient (Wildman–Crippen LogP) is 4.49. The Bertz CT molecular complexity index is 1220. The van der Waals surface area contributed by atoms with E-state index in [4.69, 9.17) is 16.7 Å². The fraction of sp³-hybridized carbons (Fsp3) is 0. The number of hydrogen-bond donors (Lipinski definition) is 3. The van der Waals surface area contributed by atoms with Gasteiger partial charge in [-0.05, 0) is 29.8 Å². The van der Waals surface area contributed by atoms with Crippen molar-refractivity contribution in [2.24, 2.45) is 0 Å². The molecule has 0 spiro atoms. The minimum absolute atomic E-state index is 0.183. The molecule has 0 saturated heterocycles. The Morgan fingerprint density at radius 2 is 1.69 bits per heavy atom.